The van der Waals surface area contributed by atoms with Crippen LogP contribution >= 0.6 is 16.1 Å². The molecule has 1 aromatic carbocycles. The number of fused-ring (bicyclic) bond motifs is 1. The van der Waals surface area contributed by atoms with Crippen LogP contribution in [0.2, 0.25) is 0 Å². The number of unbranched alkanes of at least 4 members (excludes halogenated alkanes) is 5. The van der Waals surface area contributed by atoms with Gasteiger partial charge >= 0.3 is 31.8 Å². The molecule has 354 valence electrons. The van der Waals surface area contributed by atoms with Crippen molar-refractivity contribution in [3.8, 4) is 6.07 Å². The van der Waals surface area contributed by atoms with E-state index in [1.54, 1.807) is 34.9 Å². The standard InChI is InChI=1S/C43H63F6N5O7P2/c1-8-9-10-13-21-38-41(6,7)36-32-35(22-23-37(36)53(38)27-16-11-12-17-28-58-62(59-29-20-24-50)54(33(2)3)34(4)5)63(57,60-30-18-14-25-51-39(55)42(44,45)46)61-31-19-15-26-52-40(56)43(47,48)49/h8-10,13,21-23,32-34H,1,11-12,14-20,25-31H2,2-7H3,(H-,51,52,55,56)/p+1/b10-9+,21-13+. The molecule has 1 aliphatic rings. The van der Waals surface area contributed by atoms with Crippen molar-refractivity contribution in [2.45, 2.75) is 129 Å². The smallest absolute Gasteiger partial charge is 0.348 e. The second kappa shape index (κ2) is 27.1. The predicted molar refractivity (Wildman–Crippen MR) is 233 cm³/mol. The highest BCUT2D eigenvalue weighted by atomic mass is 31.2. The fraction of sp³-hybridized carbons (Fsp3) is 0.628. The van der Waals surface area contributed by atoms with Crippen LogP contribution in [-0.2, 0) is 37.7 Å². The number of benzene rings is 1. The summed E-state index contributed by atoms with van der Waals surface area (Å²) in [6.07, 6.45) is 3.37. The molecule has 63 heavy (non-hydrogen) atoms. The van der Waals surface area contributed by atoms with Gasteiger partial charge in [-0.1, -0.05) is 37.3 Å². The number of halogens is 6. The van der Waals surface area contributed by atoms with Crippen molar-refractivity contribution in [2.24, 2.45) is 0 Å². The molecule has 0 spiro atoms. The van der Waals surface area contributed by atoms with Gasteiger partial charge in [-0.15, -0.1) is 0 Å². The van der Waals surface area contributed by atoms with Crippen molar-refractivity contribution in [1.29, 1.82) is 5.26 Å². The molecule has 20 heteroatoms. The normalized spacial score (nSPS) is 14.9. The number of nitrogens with zero attached hydrogens (tertiary/aromatic N) is 3. The van der Waals surface area contributed by atoms with E-state index in [0.717, 1.165) is 42.6 Å². The van der Waals surface area contributed by atoms with Crippen LogP contribution in [0.4, 0.5) is 32.0 Å². The summed E-state index contributed by atoms with van der Waals surface area (Å²) < 4.78 is 118. The van der Waals surface area contributed by atoms with Crippen LogP contribution in [0, 0.1) is 11.3 Å². The van der Waals surface area contributed by atoms with Gasteiger partial charge in [0.05, 0.1) is 49.6 Å². The third-order valence-electron chi connectivity index (χ3n) is 9.69. The van der Waals surface area contributed by atoms with E-state index in [4.69, 9.17) is 23.4 Å². The Hall–Kier alpha value is -3.42. The predicted octanol–water partition coefficient (Wildman–Crippen LogP) is 9.98. The molecule has 12 nitrogen and oxygen atoms in total. The molecular formula is C43H64F6N5O7P2+. The Morgan fingerprint density at radius 1 is 0.841 bits per heavy atom. The van der Waals surface area contributed by atoms with Crippen LogP contribution in [-0.4, -0.2) is 97.3 Å². The highest BCUT2D eigenvalue weighted by Gasteiger charge is 2.46. The van der Waals surface area contributed by atoms with Crippen molar-refractivity contribution in [3.05, 3.63) is 60.7 Å². The largest absolute Gasteiger partial charge is 0.471 e. The van der Waals surface area contributed by atoms with Crippen LogP contribution in [0.5, 0.6) is 0 Å². The summed E-state index contributed by atoms with van der Waals surface area (Å²) in [5.74, 6) is -4.15. The van der Waals surface area contributed by atoms with E-state index in [2.05, 4.69) is 49.6 Å². The molecule has 0 radical (unpaired) electrons. The first-order valence-corrected chi connectivity index (χ1v) is 23.8. The Labute approximate surface area is 369 Å². The van der Waals surface area contributed by atoms with E-state index < -0.39 is 45.7 Å². The molecule has 0 fully saturated rings. The maximum Gasteiger partial charge on any atom is 0.471 e. The summed E-state index contributed by atoms with van der Waals surface area (Å²) in [7, 11) is -5.45. The maximum absolute atomic E-state index is 14.5. The first-order valence-electron chi connectivity index (χ1n) is 21.2. The molecule has 1 unspecified atom stereocenters. The van der Waals surface area contributed by atoms with Crippen molar-refractivity contribution < 1.29 is 63.2 Å². The Kier molecular flexibility index (Phi) is 24.0. The Morgan fingerprint density at radius 3 is 1.90 bits per heavy atom. The van der Waals surface area contributed by atoms with E-state index in [9.17, 15) is 40.5 Å². The van der Waals surface area contributed by atoms with Crippen molar-refractivity contribution in [1.82, 2.24) is 15.3 Å². The number of allylic oxidation sites excluding steroid dienone is 5. The van der Waals surface area contributed by atoms with E-state index in [0.29, 0.717) is 19.8 Å². The summed E-state index contributed by atoms with van der Waals surface area (Å²) in [5.41, 5.74) is 2.10. The monoisotopic (exact) mass is 938 g/mol. The topological polar surface area (TPSA) is 142 Å². The van der Waals surface area contributed by atoms with Gasteiger partial charge in [-0.25, -0.2) is 4.67 Å². The van der Waals surface area contributed by atoms with Crippen LogP contribution < -0.4 is 15.9 Å². The molecule has 2 rings (SSSR count). The zero-order valence-corrected chi connectivity index (χ0v) is 38.9. The van der Waals surface area contributed by atoms with Gasteiger partial charge in [0.15, 0.2) is 5.71 Å². The van der Waals surface area contributed by atoms with Crippen molar-refractivity contribution in [2.75, 3.05) is 46.1 Å². The van der Waals surface area contributed by atoms with Crippen molar-refractivity contribution in [3.63, 3.8) is 0 Å². The fourth-order valence-electron chi connectivity index (χ4n) is 6.66. The summed E-state index contributed by atoms with van der Waals surface area (Å²) in [6.45, 7) is 16.7. The first-order chi connectivity index (χ1) is 29.6. The van der Waals surface area contributed by atoms with E-state index in [1.165, 1.54) is 0 Å². The summed E-state index contributed by atoms with van der Waals surface area (Å²) >= 11 is 0. The van der Waals surface area contributed by atoms with Gasteiger partial charge in [0.1, 0.15) is 6.54 Å². The number of carbonyl (C=O) groups excluding carboxylic acids is 2. The van der Waals surface area contributed by atoms with E-state index in [-0.39, 0.29) is 75.8 Å². The minimum absolute atomic E-state index is 0.0822. The van der Waals surface area contributed by atoms with E-state index >= 15 is 0 Å². The summed E-state index contributed by atoms with van der Waals surface area (Å²) in [4.78, 5) is 22.4. The molecule has 1 heterocycles. The van der Waals surface area contributed by atoms with Crippen LogP contribution in [0.15, 0.2) is 55.2 Å². The molecule has 2 amide bonds. The number of carbonyl (C=O) groups is 2. The third kappa shape index (κ3) is 18.5. The lowest BCUT2D eigenvalue weighted by Crippen LogP contribution is -2.37. The van der Waals surface area contributed by atoms with Crippen LogP contribution in [0.1, 0.15) is 105 Å². The number of alkyl halides is 6. The fourth-order valence-corrected chi connectivity index (χ4v) is 9.94. The highest BCUT2D eigenvalue weighted by molar-refractivity contribution is 7.62. The zero-order valence-electron chi connectivity index (χ0n) is 37.2. The molecule has 0 bridgehead atoms. The number of hydrogen-bond acceptors (Lipinski definition) is 9. The summed E-state index contributed by atoms with van der Waals surface area (Å²) in [6, 6.07) is 7.74. The molecule has 1 aliphatic heterocycles. The van der Waals surface area contributed by atoms with Gasteiger partial charge in [-0.2, -0.15) is 36.2 Å². The highest BCUT2D eigenvalue weighted by Crippen LogP contribution is 2.50. The third-order valence-corrected chi connectivity index (χ3v) is 13.8. The lowest BCUT2D eigenvalue weighted by atomic mass is 9.81. The average molecular weight is 939 g/mol. The lowest BCUT2D eigenvalue weighted by Gasteiger charge is -2.35. The Balaban J connectivity index is 2.26. The first kappa shape index (κ1) is 55.7. The minimum Gasteiger partial charge on any atom is -0.348 e. The quantitative estimate of drug-likeness (QED) is 0.0254. The van der Waals surface area contributed by atoms with Gasteiger partial charge in [0.25, 0.3) is 8.53 Å². The van der Waals surface area contributed by atoms with E-state index in [1.807, 2.05) is 38.1 Å². The molecule has 0 saturated heterocycles. The summed E-state index contributed by atoms with van der Waals surface area (Å²) in [5, 5.41) is 12.8. The molecule has 1 aromatic rings. The van der Waals surface area contributed by atoms with Crippen molar-refractivity contribution >= 4 is 44.6 Å². The zero-order chi connectivity index (χ0) is 47.3. The number of amides is 2. The maximum atomic E-state index is 14.5. The SMILES string of the molecule is C=C/C=C/C=C/C1=[N+](CCCCCCOP(OCCC#N)N(C(C)C)C(C)C)c2ccc(P(=O)(OCCCCNC(=O)C(F)(F)F)OCCCCNC(=O)C(F)(F)F)cc2C1(C)C. The molecule has 1 atom stereocenters. The van der Waals surface area contributed by atoms with Gasteiger partial charge in [0, 0.05) is 49.3 Å². The van der Waals surface area contributed by atoms with Crippen LogP contribution in [0.25, 0.3) is 0 Å². The van der Waals surface area contributed by atoms with Crippen LogP contribution in [0.3, 0.4) is 0 Å². The number of nitriles is 1. The molecule has 0 aliphatic carbocycles. The Bertz CT molecular complexity index is 1760. The second-order valence-electron chi connectivity index (χ2n) is 15.7. The average Bonchev–Trinajstić information content (AvgIpc) is 3.41. The molecular weight excluding hydrogens is 874 g/mol. The molecule has 0 saturated carbocycles. The van der Waals surface area contributed by atoms with Gasteiger partial charge in [0.2, 0.25) is 5.69 Å². The van der Waals surface area contributed by atoms with Gasteiger partial charge < -0.3 is 28.7 Å². The number of nitrogens with one attached hydrogen (secondary N) is 2. The number of rotatable bonds is 30. The second-order valence-corrected chi connectivity index (χ2v) is 19.2. The van der Waals surface area contributed by atoms with Gasteiger partial charge in [-0.3, -0.25) is 14.2 Å². The molecule has 2 N–H and O–H groups in total. The Morgan fingerprint density at radius 2 is 1.38 bits per heavy atom. The molecule has 0 aromatic heterocycles. The lowest BCUT2D eigenvalue weighted by molar-refractivity contribution is -0.438. The van der Waals surface area contributed by atoms with Gasteiger partial charge in [-0.05, 0) is 92.2 Å². The number of hydrogen-bond donors (Lipinski definition) is 2. The minimum atomic E-state index is -5.03.